The minimum absolute atomic E-state index is 0.182. The SMILES string of the molecule is CCCCCCCCC=CCCCCCCCCCCCC(=O)NC. The van der Waals surface area contributed by atoms with E-state index in [1.165, 1.54) is 103 Å². The molecular weight excluding hydrogens is 306 g/mol. The topological polar surface area (TPSA) is 29.1 Å². The highest BCUT2D eigenvalue weighted by molar-refractivity contribution is 5.75. The van der Waals surface area contributed by atoms with Crippen LogP contribution >= 0.6 is 0 Å². The predicted molar refractivity (Wildman–Crippen MR) is 112 cm³/mol. The van der Waals surface area contributed by atoms with E-state index in [0.29, 0.717) is 6.42 Å². The molecule has 0 aromatic carbocycles. The lowest BCUT2D eigenvalue weighted by atomic mass is 10.1. The molecule has 2 heteroatoms. The molecule has 0 radical (unpaired) electrons. The first-order chi connectivity index (χ1) is 12.3. The Kier molecular flexibility index (Phi) is 20.6. The Hall–Kier alpha value is -0.790. The largest absolute Gasteiger partial charge is 0.359 e. The summed E-state index contributed by atoms with van der Waals surface area (Å²) in [4.78, 5) is 11.1. The first-order valence-electron chi connectivity index (χ1n) is 11.2. The Bertz CT molecular complexity index is 298. The van der Waals surface area contributed by atoms with E-state index in [0.717, 1.165) is 6.42 Å². The van der Waals surface area contributed by atoms with Crippen molar-refractivity contribution in [2.45, 2.75) is 122 Å². The number of hydrogen-bond donors (Lipinski definition) is 1. The van der Waals surface area contributed by atoms with Gasteiger partial charge in [0.15, 0.2) is 0 Å². The van der Waals surface area contributed by atoms with Crippen LogP contribution in [0.2, 0.25) is 0 Å². The lowest BCUT2D eigenvalue weighted by molar-refractivity contribution is -0.120. The van der Waals surface area contributed by atoms with Gasteiger partial charge in [0, 0.05) is 13.5 Å². The van der Waals surface area contributed by atoms with Crippen molar-refractivity contribution >= 4 is 5.91 Å². The Labute approximate surface area is 158 Å². The first-order valence-corrected chi connectivity index (χ1v) is 11.2. The average Bonchev–Trinajstić information content (AvgIpc) is 2.63. The minimum atomic E-state index is 0.182. The van der Waals surface area contributed by atoms with E-state index in [9.17, 15) is 4.79 Å². The van der Waals surface area contributed by atoms with Gasteiger partial charge in [-0.1, -0.05) is 96.1 Å². The van der Waals surface area contributed by atoms with Gasteiger partial charge in [0.25, 0.3) is 0 Å². The number of allylic oxidation sites excluding steroid dienone is 2. The Morgan fingerprint density at radius 1 is 0.640 bits per heavy atom. The third-order valence-electron chi connectivity index (χ3n) is 4.94. The number of unbranched alkanes of at least 4 members (excludes halogenated alkanes) is 15. The zero-order valence-electron chi connectivity index (χ0n) is 17.3. The molecule has 0 unspecified atom stereocenters. The van der Waals surface area contributed by atoms with E-state index in [4.69, 9.17) is 0 Å². The van der Waals surface area contributed by atoms with Crippen LogP contribution in [0.3, 0.4) is 0 Å². The van der Waals surface area contributed by atoms with Gasteiger partial charge in [-0.3, -0.25) is 4.79 Å². The fraction of sp³-hybridized carbons (Fsp3) is 0.870. The summed E-state index contributed by atoms with van der Waals surface area (Å²) >= 11 is 0. The van der Waals surface area contributed by atoms with Crippen LogP contribution in [-0.2, 0) is 4.79 Å². The molecule has 0 aliphatic carbocycles. The molecule has 1 amide bonds. The molecule has 0 aromatic heterocycles. The molecule has 0 saturated heterocycles. The standard InChI is InChI=1S/C23H45NO/c1-3-4-5-6-7-8-9-10-11-12-13-14-15-16-17-18-19-20-21-22-23(25)24-2/h10-11H,3-9,12-22H2,1-2H3,(H,24,25). The molecule has 1 N–H and O–H groups in total. The quantitative estimate of drug-likeness (QED) is 0.191. The normalized spacial score (nSPS) is 11.3. The number of carbonyl (C=O) groups is 1. The van der Waals surface area contributed by atoms with Crippen molar-refractivity contribution in [3.8, 4) is 0 Å². The second kappa shape index (κ2) is 21.3. The van der Waals surface area contributed by atoms with E-state index < -0.39 is 0 Å². The predicted octanol–water partition coefficient (Wildman–Crippen LogP) is 7.33. The Morgan fingerprint density at radius 2 is 1.04 bits per heavy atom. The van der Waals surface area contributed by atoms with Crippen molar-refractivity contribution in [2.24, 2.45) is 0 Å². The summed E-state index contributed by atoms with van der Waals surface area (Å²) in [5.41, 5.74) is 0. The molecule has 0 fully saturated rings. The molecule has 0 heterocycles. The van der Waals surface area contributed by atoms with Crippen molar-refractivity contribution in [3.63, 3.8) is 0 Å². The maximum absolute atomic E-state index is 11.1. The average molecular weight is 352 g/mol. The summed E-state index contributed by atoms with van der Waals surface area (Å²) in [7, 11) is 1.72. The van der Waals surface area contributed by atoms with Crippen LogP contribution in [-0.4, -0.2) is 13.0 Å². The summed E-state index contributed by atoms with van der Waals surface area (Å²) in [6.07, 6.45) is 28.2. The van der Waals surface area contributed by atoms with Gasteiger partial charge in [-0.05, 0) is 32.1 Å². The molecule has 148 valence electrons. The fourth-order valence-corrected chi connectivity index (χ4v) is 3.19. The summed E-state index contributed by atoms with van der Waals surface area (Å²) in [6.45, 7) is 2.28. The van der Waals surface area contributed by atoms with Crippen LogP contribution in [0.1, 0.15) is 122 Å². The number of amides is 1. The Morgan fingerprint density at radius 3 is 1.48 bits per heavy atom. The van der Waals surface area contributed by atoms with Crippen molar-refractivity contribution in [3.05, 3.63) is 12.2 Å². The van der Waals surface area contributed by atoms with E-state index >= 15 is 0 Å². The number of hydrogen-bond acceptors (Lipinski definition) is 1. The molecule has 0 aliphatic heterocycles. The smallest absolute Gasteiger partial charge is 0.219 e. The molecule has 0 bridgehead atoms. The van der Waals surface area contributed by atoms with Crippen LogP contribution in [0.25, 0.3) is 0 Å². The summed E-state index contributed by atoms with van der Waals surface area (Å²) in [5.74, 6) is 0.182. The number of rotatable bonds is 19. The number of nitrogens with one attached hydrogen (secondary N) is 1. The maximum atomic E-state index is 11.1. The van der Waals surface area contributed by atoms with Crippen LogP contribution in [0.5, 0.6) is 0 Å². The van der Waals surface area contributed by atoms with Gasteiger partial charge in [0.2, 0.25) is 5.91 Å². The van der Waals surface area contributed by atoms with Gasteiger partial charge in [-0.25, -0.2) is 0 Å². The molecule has 0 spiro atoms. The van der Waals surface area contributed by atoms with Crippen LogP contribution in [0.15, 0.2) is 12.2 Å². The van der Waals surface area contributed by atoms with Crippen LogP contribution in [0.4, 0.5) is 0 Å². The third-order valence-corrected chi connectivity index (χ3v) is 4.94. The third kappa shape index (κ3) is 21.2. The van der Waals surface area contributed by atoms with E-state index in [-0.39, 0.29) is 5.91 Å². The van der Waals surface area contributed by atoms with Gasteiger partial charge < -0.3 is 5.32 Å². The molecule has 0 aliphatic rings. The minimum Gasteiger partial charge on any atom is -0.359 e. The molecule has 25 heavy (non-hydrogen) atoms. The highest BCUT2D eigenvalue weighted by Crippen LogP contribution is 2.12. The lowest BCUT2D eigenvalue weighted by Gasteiger charge is -2.02. The van der Waals surface area contributed by atoms with Crippen LogP contribution in [0, 0.1) is 0 Å². The number of carbonyl (C=O) groups excluding carboxylic acids is 1. The van der Waals surface area contributed by atoms with Gasteiger partial charge in [0.1, 0.15) is 0 Å². The molecule has 2 nitrogen and oxygen atoms in total. The van der Waals surface area contributed by atoms with Crippen molar-refractivity contribution in [2.75, 3.05) is 7.05 Å². The molecular formula is C23H45NO. The van der Waals surface area contributed by atoms with Gasteiger partial charge in [-0.15, -0.1) is 0 Å². The van der Waals surface area contributed by atoms with Crippen molar-refractivity contribution in [1.29, 1.82) is 0 Å². The van der Waals surface area contributed by atoms with Gasteiger partial charge in [0.05, 0.1) is 0 Å². The zero-order valence-corrected chi connectivity index (χ0v) is 17.3. The van der Waals surface area contributed by atoms with Gasteiger partial charge in [-0.2, -0.15) is 0 Å². The lowest BCUT2D eigenvalue weighted by Crippen LogP contribution is -2.16. The van der Waals surface area contributed by atoms with E-state index in [1.807, 2.05) is 0 Å². The highest BCUT2D eigenvalue weighted by atomic mass is 16.1. The van der Waals surface area contributed by atoms with E-state index in [2.05, 4.69) is 24.4 Å². The summed E-state index contributed by atoms with van der Waals surface area (Å²) in [6, 6.07) is 0. The monoisotopic (exact) mass is 351 g/mol. The van der Waals surface area contributed by atoms with Crippen LogP contribution < -0.4 is 5.32 Å². The maximum Gasteiger partial charge on any atom is 0.219 e. The fourth-order valence-electron chi connectivity index (χ4n) is 3.19. The summed E-state index contributed by atoms with van der Waals surface area (Å²) < 4.78 is 0. The molecule has 0 saturated carbocycles. The molecule has 0 aromatic rings. The van der Waals surface area contributed by atoms with Gasteiger partial charge >= 0.3 is 0 Å². The highest BCUT2D eigenvalue weighted by Gasteiger charge is 1.97. The van der Waals surface area contributed by atoms with Crippen molar-refractivity contribution in [1.82, 2.24) is 5.32 Å². The summed E-state index contributed by atoms with van der Waals surface area (Å²) in [5, 5.41) is 2.68. The van der Waals surface area contributed by atoms with E-state index in [1.54, 1.807) is 7.05 Å². The second-order valence-electron chi connectivity index (χ2n) is 7.42. The zero-order chi connectivity index (χ0) is 18.4. The van der Waals surface area contributed by atoms with Crippen molar-refractivity contribution < 1.29 is 4.79 Å². The Balaban J connectivity index is 3.08. The molecule has 0 atom stereocenters. The first kappa shape index (κ1) is 24.2. The second-order valence-corrected chi connectivity index (χ2v) is 7.42. The molecule has 0 rings (SSSR count).